The summed E-state index contributed by atoms with van der Waals surface area (Å²) in [4.78, 5) is 18.0. The Hall–Kier alpha value is -2.13. The maximum absolute atomic E-state index is 13.0. The van der Waals surface area contributed by atoms with Crippen molar-refractivity contribution in [2.24, 2.45) is 5.41 Å². The monoisotopic (exact) mass is 500 g/mol. The molecular weight excluding hydrogens is 477 g/mol. The summed E-state index contributed by atoms with van der Waals surface area (Å²) in [5.41, 5.74) is -3.35. The third kappa shape index (κ3) is 4.57. The van der Waals surface area contributed by atoms with Crippen LogP contribution in [0.15, 0.2) is 47.2 Å². The fourth-order valence-corrected chi connectivity index (χ4v) is 4.22. The molecule has 2 heterocycles. The van der Waals surface area contributed by atoms with E-state index >= 15 is 0 Å². The summed E-state index contributed by atoms with van der Waals surface area (Å²) in [6, 6.07) is 6.10. The highest BCUT2D eigenvalue weighted by Crippen LogP contribution is 2.51. The van der Waals surface area contributed by atoms with Crippen molar-refractivity contribution < 1.29 is 27.8 Å². The Kier molecular flexibility index (Phi) is 5.90. The van der Waals surface area contributed by atoms with E-state index in [9.17, 15) is 23.1 Å². The first-order valence-corrected chi connectivity index (χ1v) is 10.4. The molecule has 5 nitrogen and oxygen atoms in total. The largest absolute Gasteiger partial charge is 0.444 e. The number of hydrogen-bond donors (Lipinski definition) is 1. The van der Waals surface area contributed by atoms with Gasteiger partial charge in [-0.1, -0.05) is 19.1 Å². The second kappa shape index (κ2) is 7.78. The summed E-state index contributed by atoms with van der Waals surface area (Å²) < 4.78 is 45.1. The first-order chi connectivity index (χ1) is 14.2. The van der Waals surface area contributed by atoms with Gasteiger partial charge in [0.25, 0.3) is 0 Å². The lowest BCUT2D eigenvalue weighted by Crippen LogP contribution is -2.66. The number of aromatic nitrogens is 1. The molecule has 168 valence electrons. The summed E-state index contributed by atoms with van der Waals surface area (Å²) in [6.45, 7) is 7.38. The molecule has 1 fully saturated rings. The van der Waals surface area contributed by atoms with Crippen molar-refractivity contribution in [3.63, 3.8) is 0 Å². The predicted molar refractivity (Wildman–Crippen MR) is 112 cm³/mol. The summed E-state index contributed by atoms with van der Waals surface area (Å²) in [5.74, 6) is 0. The Bertz CT molecular complexity index is 967. The number of amides is 1. The van der Waals surface area contributed by atoms with E-state index in [-0.39, 0.29) is 18.7 Å². The second-order valence-corrected chi connectivity index (χ2v) is 9.99. The van der Waals surface area contributed by atoms with Crippen LogP contribution in [0.4, 0.5) is 18.0 Å². The van der Waals surface area contributed by atoms with Crippen molar-refractivity contribution in [1.82, 2.24) is 9.88 Å². The number of nitrogens with zero attached hydrogens (tertiary/aromatic N) is 2. The molecule has 1 aliphatic rings. The first kappa shape index (κ1) is 23.5. The van der Waals surface area contributed by atoms with Crippen LogP contribution in [0.25, 0.3) is 0 Å². The van der Waals surface area contributed by atoms with Crippen LogP contribution in [0.3, 0.4) is 0 Å². The number of carbonyl (C=O) groups is 1. The van der Waals surface area contributed by atoms with Crippen molar-refractivity contribution in [2.45, 2.75) is 45.1 Å². The maximum atomic E-state index is 13.0. The van der Waals surface area contributed by atoms with Gasteiger partial charge in [-0.15, -0.1) is 0 Å². The molecule has 1 aliphatic heterocycles. The van der Waals surface area contributed by atoms with Crippen molar-refractivity contribution in [3.8, 4) is 0 Å². The van der Waals surface area contributed by atoms with Crippen LogP contribution in [0.5, 0.6) is 0 Å². The van der Waals surface area contributed by atoms with Crippen LogP contribution < -0.4 is 0 Å². The van der Waals surface area contributed by atoms with Crippen LogP contribution in [0, 0.1) is 5.41 Å². The molecule has 0 saturated carbocycles. The molecule has 0 aliphatic carbocycles. The van der Waals surface area contributed by atoms with E-state index in [2.05, 4.69) is 20.9 Å². The zero-order valence-corrected chi connectivity index (χ0v) is 19.2. The highest BCUT2D eigenvalue weighted by molar-refractivity contribution is 9.10. The van der Waals surface area contributed by atoms with Gasteiger partial charge in [0.15, 0.2) is 0 Å². The average molecular weight is 501 g/mol. The molecule has 1 atom stereocenters. The number of hydrogen-bond acceptors (Lipinski definition) is 4. The minimum absolute atomic E-state index is 0.159. The van der Waals surface area contributed by atoms with Gasteiger partial charge in [-0.25, -0.2) is 4.79 Å². The van der Waals surface area contributed by atoms with Gasteiger partial charge in [0.2, 0.25) is 0 Å². The molecule has 0 unspecified atom stereocenters. The minimum Gasteiger partial charge on any atom is -0.444 e. The zero-order chi connectivity index (χ0) is 23.2. The van der Waals surface area contributed by atoms with E-state index in [1.807, 2.05) is 0 Å². The van der Waals surface area contributed by atoms with Crippen molar-refractivity contribution in [1.29, 1.82) is 0 Å². The van der Waals surface area contributed by atoms with Crippen LogP contribution in [-0.2, 0) is 16.5 Å². The van der Waals surface area contributed by atoms with Gasteiger partial charge in [0, 0.05) is 40.9 Å². The molecule has 1 amide bonds. The SMILES string of the molecule is CC(C)(C)OC(=O)N1CC(C)([C@](O)(c2ccc(C(F)(F)F)cc2)c2cncc(Br)c2)C1. The van der Waals surface area contributed by atoms with Crippen molar-refractivity contribution >= 4 is 22.0 Å². The quantitative estimate of drug-likeness (QED) is 0.616. The van der Waals surface area contributed by atoms with Crippen molar-refractivity contribution in [2.75, 3.05) is 13.1 Å². The smallest absolute Gasteiger partial charge is 0.416 e. The van der Waals surface area contributed by atoms with E-state index in [0.717, 1.165) is 12.1 Å². The molecule has 1 saturated heterocycles. The van der Waals surface area contributed by atoms with Crippen molar-refractivity contribution in [3.05, 3.63) is 63.9 Å². The van der Waals surface area contributed by atoms with E-state index in [0.29, 0.717) is 10.0 Å². The molecule has 3 rings (SSSR count). The van der Waals surface area contributed by atoms with E-state index in [1.165, 1.54) is 23.2 Å². The topological polar surface area (TPSA) is 62.7 Å². The lowest BCUT2D eigenvalue weighted by molar-refractivity contribution is -0.138. The number of aliphatic hydroxyl groups is 1. The van der Waals surface area contributed by atoms with E-state index in [1.54, 1.807) is 40.0 Å². The lowest BCUT2D eigenvalue weighted by atomic mass is 9.62. The molecule has 0 bridgehead atoms. The van der Waals surface area contributed by atoms with Gasteiger partial charge in [-0.3, -0.25) is 4.98 Å². The van der Waals surface area contributed by atoms with Crippen LogP contribution in [0.2, 0.25) is 0 Å². The number of benzene rings is 1. The van der Waals surface area contributed by atoms with Gasteiger partial charge in [-0.05, 0) is 60.5 Å². The second-order valence-electron chi connectivity index (χ2n) is 9.07. The minimum atomic E-state index is -4.48. The molecule has 2 aromatic rings. The van der Waals surface area contributed by atoms with Gasteiger partial charge in [-0.2, -0.15) is 13.2 Å². The standard InChI is InChI=1S/C22H24BrF3N2O3/c1-19(2,3)31-18(29)28-12-20(4,13-28)21(30,16-9-17(23)11-27-10-16)14-5-7-15(8-6-14)22(24,25)26/h5-11,30H,12-13H2,1-4H3/t21-/m0/s1. The molecule has 0 spiro atoms. The number of ether oxygens (including phenoxy) is 1. The number of alkyl halides is 3. The number of halogens is 4. The Morgan fingerprint density at radius 3 is 2.13 bits per heavy atom. The van der Waals surface area contributed by atoms with Gasteiger partial charge < -0.3 is 14.7 Å². The summed E-state index contributed by atoms with van der Waals surface area (Å²) >= 11 is 3.33. The van der Waals surface area contributed by atoms with Gasteiger partial charge in [0.05, 0.1) is 5.56 Å². The Morgan fingerprint density at radius 2 is 1.65 bits per heavy atom. The normalized spacial score (nSPS) is 18.2. The van der Waals surface area contributed by atoms with Crippen LogP contribution >= 0.6 is 15.9 Å². The number of carbonyl (C=O) groups excluding carboxylic acids is 1. The highest BCUT2D eigenvalue weighted by Gasteiger charge is 2.58. The fraction of sp³-hybridized carbons (Fsp3) is 0.455. The highest BCUT2D eigenvalue weighted by atomic mass is 79.9. The summed E-state index contributed by atoms with van der Waals surface area (Å²) in [6.07, 6.45) is -1.97. The number of pyridine rings is 1. The van der Waals surface area contributed by atoms with E-state index in [4.69, 9.17) is 4.74 Å². The first-order valence-electron chi connectivity index (χ1n) is 9.65. The summed E-state index contributed by atoms with van der Waals surface area (Å²) in [5, 5.41) is 12.0. The number of rotatable bonds is 3. The third-order valence-corrected chi connectivity index (χ3v) is 5.79. The molecule has 1 aromatic carbocycles. The Balaban J connectivity index is 2.00. The molecular formula is C22H24BrF3N2O3. The molecule has 1 aromatic heterocycles. The molecule has 0 radical (unpaired) electrons. The summed E-state index contributed by atoms with van der Waals surface area (Å²) in [7, 11) is 0. The Labute approximate surface area is 187 Å². The van der Waals surface area contributed by atoms with Crippen LogP contribution in [0.1, 0.15) is 44.4 Å². The third-order valence-electron chi connectivity index (χ3n) is 5.36. The van der Waals surface area contributed by atoms with E-state index < -0.39 is 34.5 Å². The Morgan fingerprint density at radius 1 is 1.10 bits per heavy atom. The lowest BCUT2D eigenvalue weighted by Gasteiger charge is -2.56. The maximum Gasteiger partial charge on any atom is 0.416 e. The number of likely N-dealkylation sites (tertiary alicyclic amines) is 1. The molecule has 9 heteroatoms. The molecule has 31 heavy (non-hydrogen) atoms. The molecule has 1 N–H and O–H groups in total. The average Bonchev–Trinajstić information content (AvgIpc) is 2.62. The zero-order valence-electron chi connectivity index (χ0n) is 17.6. The van der Waals surface area contributed by atoms with Crippen LogP contribution in [-0.4, -0.2) is 39.8 Å². The fourth-order valence-electron chi connectivity index (χ4n) is 3.85. The van der Waals surface area contributed by atoms with Gasteiger partial charge >= 0.3 is 12.3 Å². The van der Waals surface area contributed by atoms with Gasteiger partial charge in [0.1, 0.15) is 11.2 Å². The predicted octanol–water partition coefficient (Wildman–Crippen LogP) is 5.36.